The summed E-state index contributed by atoms with van der Waals surface area (Å²) in [5, 5.41) is 4.31. The van der Waals surface area contributed by atoms with Gasteiger partial charge in [-0.05, 0) is 78.2 Å². The zero-order valence-corrected chi connectivity index (χ0v) is 20.9. The third-order valence-electron chi connectivity index (χ3n) is 5.27. The van der Waals surface area contributed by atoms with Gasteiger partial charge in [-0.2, -0.15) is 0 Å². The number of hydrogen-bond acceptors (Lipinski definition) is 4. The number of benzene rings is 1. The normalized spacial score (nSPS) is 11.7. The van der Waals surface area contributed by atoms with Gasteiger partial charge in [-0.25, -0.2) is 0 Å². The van der Waals surface area contributed by atoms with Crippen LogP contribution in [-0.2, 0) is 7.05 Å². The number of ether oxygens (including phenoxy) is 2. The minimum atomic E-state index is -0.184. The van der Waals surface area contributed by atoms with E-state index in [2.05, 4.69) is 45.2 Å². The van der Waals surface area contributed by atoms with Crippen LogP contribution in [0.1, 0.15) is 67.2 Å². The van der Waals surface area contributed by atoms with Gasteiger partial charge < -0.3 is 19.4 Å². The van der Waals surface area contributed by atoms with Crippen LogP contribution in [0.25, 0.3) is 10.9 Å². The lowest BCUT2D eigenvalue weighted by Crippen LogP contribution is -2.23. The molecule has 0 saturated carbocycles. The number of anilines is 1. The summed E-state index contributed by atoms with van der Waals surface area (Å²) in [6, 6.07) is 6.06. The summed E-state index contributed by atoms with van der Waals surface area (Å²) in [5.74, 6) is 0.794. The average Bonchev–Trinajstić information content (AvgIpc) is 2.73. The summed E-state index contributed by atoms with van der Waals surface area (Å²) in [7, 11) is 1.78. The Bertz CT molecular complexity index is 1010. The van der Waals surface area contributed by atoms with E-state index in [4.69, 9.17) is 9.47 Å². The van der Waals surface area contributed by atoms with E-state index in [1.54, 1.807) is 11.6 Å². The number of hydrogen-bond donors (Lipinski definition) is 1. The second-order valence-corrected chi connectivity index (χ2v) is 8.88. The smallest absolute Gasteiger partial charge is 0.297 e. The molecule has 32 heavy (non-hydrogen) atoms. The third kappa shape index (κ3) is 7.18. The van der Waals surface area contributed by atoms with Crippen LogP contribution < -0.4 is 20.3 Å². The number of allylic oxidation sites excluding steroid dienone is 3. The molecule has 5 nitrogen and oxygen atoms in total. The van der Waals surface area contributed by atoms with E-state index < -0.39 is 0 Å². The number of nitrogens with one attached hydrogen (secondary N) is 1. The maximum atomic E-state index is 13.1. The van der Waals surface area contributed by atoms with E-state index in [1.807, 2.05) is 32.0 Å². The van der Waals surface area contributed by atoms with Crippen molar-refractivity contribution in [2.24, 2.45) is 7.05 Å². The first kappa shape index (κ1) is 25.6. The number of pyridine rings is 1. The Morgan fingerprint density at radius 2 is 1.91 bits per heavy atom. The molecule has 176 valence electrons. The predicted octanol–water partition coefficient (Wildman–Crippen LogP) is 6.61. The van der Waals surface area contributed by atoms with Crippen LogP contribution in [0.5, 0.6) is 11.5 Å². The molecule has 1 aromatic carbocycles. The Morgan fingerprint density at radius 3 is 2.56 bits per heavy atom. The first-order valence-corrected chi connectivity index (χ1v) is 11.7. The number of fused-ring (bicyclic) bond motifs is 1. The van der Waals surface area contributed by atoms with E-state index >= 15 is 0 Å². The summed E-state index contributed by atoms with van der Waals surface area (Å²) in [6.07, 6.45) is 8.46. The highest BCUT2D eigenvalue weighted by Crippen LogP contribution is 2.34. The molecular formula is C27H40N2O3. The van der Waals surface area contributed by atoms with Crippen LogP contribution in [0.15, 0.2) is 46.3 Å². The molecule has 1 aromatic heterocycles. The Kier molecular flexibility index (Phi) is 9.89. The molecule has 0 aliphatic carbocycles. The topological polar surface area (TPSA) is 52.5 Å². The number of aryl methyl sites for hydroxylation is 1. The van der Waals surface area contributed by atoms with Crippen molar-refractivity contribution >= 4 is 16.6 Å². The maximum Gasteiger partial charge on any atom is 0.297 e. The van der Waals surface area contributed by atoms with Crippen molar-refractivity contribution in [3.63, 3.8) is 0 Å². The summed E-state index contributed by atoms with van der Waals surface area (Å²) in [6.45, 7) is 13.7. The molecule has 5 heteroatoms. The lowest BCUT2D eigenvalue weighted by atomic mass is 10.1. The summed E-state index contributed by atoms with van der Waals surface area (Å²) >= 11 is 0. The number of unbranched alkanes of at least 4 members (excludes halogenated alkanes) is 1. The number of aromatic nitrogens is 1. The van der Waals surface area contributed by atoms with Crippen molar-refractivity contribution in [2.75, 3.05) is 18.5 Å². The zero-order chi connectivity index (χ0) is 23.7. The number of nitrogens with zero attached hydrogens (tertiary/aromatic N) is 1. The van der Waals surface area contributed by atoms with Crippen molar-refractivity contribution in [3.8, 4) is 11.5 Å². The quantitative estimate of drug-likeness (QED) is 0.298. The summed E-state index contributed by atoms with van der Waals surface area (Å²) in [4.78, 5) is 13.1. The van der Waals surface area contributed by atoms with Crippen molar-refractivity contribution in [1.82, 2.24) is 4.57 Å². The third-order valence-corrected chi connectivity index (χ3v) is 5.27. The summed E-state index contributed by atoms with van der Waals surface area (Å²) in [5.41, 5.74) is 4.24. The van der Waals surface area contributed by atoms with Gasteiger partial charge in [0.2, 0.25) is 5.75 Å². The van der Waals surface area contributed by atoms with Crippen LogP contribution in [0.2, 0.25) is 0 Å². The fourth-order valence-electron chi connectivity index (χ4n) is 3.44. The van der Waals surface area contributed by atoms with E-state index in [0.29, 0.717) is 12.4 Å². The lowest BCUT2D eigenvalue weighted by Gasteiger charge is -2.19. The number of rotatable bonds is 12. The van der Waals surface area contributed by atoms with Gasteiger partial charge >= 0.3 is 0 Å². The Morgan fingerprint density at radius 1 is 1.16 bits per heavy atom. The highest BCUT2D eigenvalue weighted by atomic mass is 16.5. The molecular weight excluding hydrogens is 400 g/mol. The van der Waals surface area contributed by atoms with Gasteiger partial charge in [0.15, 0.2) is 5.75 Å². The van der Waals surface area contributed by atoms with E-state index in [1.165, 1.54) is 11.1 Å². The molecule has 2 aromatic rings. The average molecular weight is 441 g/mol. The molecule has 0 bridgehead atoms. The van der Waals surface area contributed by atoms with Crippen LogP contribution >= 0.6 is 0 Å². The minimum absolute atomic E-state index is 0.126. The van der Waals surface area contributed by atoms with Crippen molar-refractivity contribution in [2.45, 2.75) is 73.3 Å². The molecule has 0 unspecified atom stereocenters. The highest BCUT2D eigenvalue weighted by molar-refractivity contribution is 5.90. The van der Waals surface area contributed by atoms with Crippen LogP contribution in [0, 0.1) is 0 Å². The second kappa shape index (κ2) is 12.4. The molecule has 0 spiro atoms. The van der Waals surface area contributed by atoms with Crippen molar-refractivity contribution < 1.29 is 9.47 Å². The molecule has 0 fully saturated rings. The second-order valence-electron chi connectivity index (χ2n) is 8.88. The van der Waals surface area contributed by atoms with Crippen LogP contribution in [0.3, 0.4) is 0 Å². The maximum absolute atomic E-state index is 13.1. The molecule has 0 amide bonds. The van der Waals surface area contributed by atoms with E-state index in [9.17, 15) is 4.79 Å². The van der Waals surface area contributed by atoms with Gasteiger partial charge in [-0.1, -0.05) is 30.6 Å². The SMILES string of the molecule is CCCCNc1ccc2c(OCC=C(C)CCC=C(C)C)c(OC(C)C)c(=O)n(C)c2c1. The minimum Gasteiger partial charge on any atom is -0.485 e. The highest BCUT2D eigenvalue weighted by Gasteiger charge is 2.19. The molecule has 1 N–H and O–H groups in total. The lowest BCUT2D eigenvalue weighted by molar-refractivity contribution is 0.222. The molecule has 0 aliphatic rings. The first-order valence-electron chi connectivity index (χ1n) is 11.7. The van der Waals surface area contributed by atoms with Gasteiger partial charge in [0.05, 0.1) is 11.6 Å². The largest absolute Gasteiger partial charge is 0.485 e. The fourth-order valence-corrected chi connectivity index (χ4v) is 3.44. The van der Waals surface area contributed by atoms with Crippen LogP contribution in [-0.4, -0.2) is 23.8 Å². The van der Waals surface area contributed by atoms with Gasteiger partial charge in [0.1, 0.15) is 6.61 Å². The molecule has 0 radical (unpaired) electrons. The molecule has 1 heterocycles. The molecule has 2 rings (SSSR count). The fraction of sp³-hybridized carbons (Fsp3) is 0.519. The van der Waals surface area contributed by atoms with Gasteiger partial charge in [0, 0.05) is 24.7 Å². The molecule has 0 aliphatic heterocycles. The summed E-state index contributed by atoms with van der Waals surface area (Å²) < 4.78 is 13.7. The Hall–Kier alpha value is -2.69. The van der Waals surface area contributed by atoms with Crippen molar-refractivity contribution in [1.29, 1.82) is 0 Å². The monoisotopic (exact) mass is 440 g/mol. The Balaban J connectivity index is 2.38. The zero-order valence-electron chi connectivity index (χ0n) is 20.9. The van der Waals surface area contributed by atoms with Crippen molar-refractivity contribution in [3.05, 3.63) is 51.9 Å². The van der Waals surface area contributed by atoms with Gasteiger partial charge in [-0.3, -0.25) is 4.79 Å². The first-order chi connectivity index (χ1) is 15.2. The molecule has 0 atom stereocenters. The molecule has 0 saturated heterocycles. The van der Waals surface area contributed by atoms with Gasteiger partial charge in [0.25, 0.3) is 5.56 Å². The van der Waals surface area contributed by atoms with E-state index in [0.717, 1.165) is 48.8 Å². The van der Waals surface area contributed by atoms with E-state index in [-0.39, 0.29) is 17.4 Å². The standard InChI is InChI=1S/C27H40N2O3/c1-8-9-16-28-22-13-14-23-24(18-22)29(7)27(30)26(32-20(4)5)25(23)31-17-15-21(6)12-10-11-19(2)3/h11,13-15,18,20,28H,8-10,12,16-17H2,1-7H3. The van der Waals surface area contributed by atoms with Gasteiger partial charge in [-0.15, -0.1) is 0 Å². The van der Waals surface area contributed by atoms with Crippen LogP contribution in [0.4, 0.5) is 5.69 Å². The predicted molar refractivity (Wildman–Crippen MR) is 136 cm³/mol. The Labute approximate surface area is 193 Å².